The molecule has 0 saturated carbocycles. The van der Waals surface area contributed by atoms with Crippen LogP contribution in [0.5, 0.6) is 5.88 Å². The summed E-state index contributed by atoms with van der Waals surface area (Å²) in [6, 6.07) is 5.57. The van der Waals surface area contributed by atoms with Crippen molar-refractivity contribution in [1.29, 1.82) is 0 Å². The van der Waals surface area contributed by atoms with Crippen LogP contribution in [0.3, 0.4) is 0 Å². The highest BCUT2D eigenvalue weighted by Gasteiger charge is 2.51. The zero-order valence-electron chi connectivity index (χ0n) is 12.8. The Balaban J connectivity index is 1.58. The van der Waals surface area contributed by atoms with Crippen molar-refractivity contribution in [3.63, 3.8) is 0 Å². The second-order valence-electron chi connectivity index (χ2n) is 6.02. The zero-order valence-corrected chi connectivity index (χ0v) is 13.6. The van der Waals surface area contributed by atoms with E-state index in [1.165, 1.54) is 4.31 Å². The van der Waals surface area contributed by atoms with Crippen LogP contribution in [-0.2, 0) is 14.8 Å². The molecule has 122 valence electrons. The molecular weight excluding hydrogens is 304 g/mol. The van der Waals surface area contributed by atoms with Crippen molar-refractivity contribution in [2.24, 2.45) is 0 Å². The number of hydrogen-bond donors (Lipinski definition) is 0. The van der Waals surface area contributed by atoms with E-state index in [0.717, 1.165) is 6.42 Å². The largest absolute Gasteiger partial charge is 0.474 e. The molecule has 22 heavy (non-hydrogen) atoms. The molecule has 1 spiro atoms. The third-order valence-electron chi connectivity index (χ3n) is 4.16. The van der Waals surface area contributed by atoms with Gasteiger partial charge in [0.05, 0.1) is 18.0 Å². The summed E-state index contributed by atoms with van der Waals surface area (Å²) in [4.78, 5) is 4.17. The van der Waals surface area contributed by atoms with Crippen LogP contribution in [0.25, 0.3) is 0 Å². The Labute approximate surface area is 131 Å². The lowest BCUT2D eigenvalue weighted by Crippen LogP contribution is -2.67. The Bertz CT molecular complexity index is 599. The monoisotopic (exact) mass is 326 g/mol. The van der Waals surface area contributed by atoms with Crippen LogP contribution in [0.4, 0.5) is 0 Å². The predicted octanol–water partition coefficient (Wildman–Crippen LogP) is 1.43. The average Bonchev–Trinajstić information content (AvgIpc) is 2.46. The van der Waals surface area contributed by atoms with Gasteiger partial charge >= 0.3 is 0 Å². The van der Waals surface area contributed by atoms with Gasteiger partial charge in [0, 0.05) is 38.2 Å². The van der Waals surface area contributed by atoms with Crippen molar-refractivity contribution in [3.8, 4) is 5.88 Å². The quantitative estimate of drug-likeness (QED) is 0.819. The smallest absolute Gasteiger partial charge is 0.214 e. The number of ether oxygens (including phenoxy) is 2. The fourth-order valence-electron chi connectivity index (χ4n) is 3.07. The van der Waals surface area contributed by atoms with Crippen LogP contribution >= 0.6 is 0 Å². The lowest BCUT2D eigenvalue weighted by Gasteiger charge is -2.52. The SMILES string of the molecule is CCCS(=O)(=O)N1CC2(CC(Oc3ccccn3)CCO2)C1. The van der Waals surface area contributed by atoms with Gasteiger partial charge in [0.25, 0.3) is 0 Å². The first-order valence-electron chi connectivity index (χ1n) is 7.72. The summed E-state index contributed by atoms with van der Waals surface area (Å²) in [7, 11) is -3.13. The molecular formula is C15H22N2O4S. The molecule has 1 aromatic heterocycles. The lowest BCUT2D eigenvalue weighted by molar-refractivity contribution is -0.165. The Kier molecular flexibility index (Phi) is 4.38. The summed E-state index contributed by atoms with van der Waals surface area (Å²) in [5.41, 5.74) is -0.376. The molecule has 2 saturated heterocycles. The minimum Gasteiger partial charge on any atom is -0.474 e. The van der Waals surface area contributed by atoms with E-state index < -0.39 is 10.0 Å². The third kappa shape index (κ3) is 3.26. The van der Waals surface area contributed by atoms with Gasteiger partial charge in [0.1, 0.15) is 6.10 Å². The van der Waals surface area contributed by atoms with E-state index in [9.17, 15) is 8.42 Å². The van der Waals surface area contributed by atoms with Crippen molar-refractivity contribution in [3.05, 3.63) is 24.4 Å². The Morgan fingerprint density at radius 3 is 2.95 bits per heavy atom. The van der Waals surface area contributed by atoms with E-state index in [4.69, 9.17) is 9.47 Å². The number of hydrogen-bond acceptors (Lipinski definition) is 5. The van der Waals surface area contributed by atoms with Crippen LogP contribution in [0.1, 0.15) is 26.2 Å². The fourth-order valence-corrected chi connectivity index (χ4v) is 4.71. The van der Waals surface area contributed by atoms with Crippen LogP contribution in [0, 0.1) is 0 Å². The average molecular weight is 326 g/mol. The molecule has 1 aromatic rings. The number of pyridine rings is 1. The Morgan fingerprint density at radius 1 is 1.45 bits per heavy atom. The van der Waals surface area contributed by atoms with Gasteiger partial charge < -0.3 is 9.47 Å². The van der Waals surface area contributed by atoms with Crippen molar-refractivity contribution in [2.75, 3.05) is 25.4 Å². The van der Waals surface area contributed by atoms with Gasteiger partial charge in [-0.1, -0.05) is 13.0 Å². The molecule has 1 unspecified atom stereocenters. The van der Waals surface area contributed by atoms with Crippen molar-refractivity contribution < 1.29 is 17.9 Å². The van der Waals surface area contributed by atoms with E-state index in [1.807, 2.05) is 25.1 Å². The van der Waals surface area contributed by atoms with Gasteiger partial charge in [-0.3, -0.25) is 0 Å². The van der Waals surface area contributed by atoms with Gasteiger partial charge in [0.15, 0.2) is 0 Å². The second-order valence-corrected chi connectivity index (χ2v) is 8.10. The molecule has 0 radical (unpaired) electrons. The molecule has 1 atom stereocenters. The minimum atomic E-state index is -3.13. The maximum Gasteiger partial charge on any atom is 0.214 e. The van der Waals surface area contributed by atoms with E-state index in [2.05, 4.69) is 4.98 Å². The molecule has 3 rings (SSSR count). The first kappa shape index (κ1) is 15.7. The highest BCUT2D eigenvalue weighted by molar-refractivity contribution is 7.89. The highest BCUT2D eigenvalue weighted by atomic mass is 32.2. The number of rotatable bonds is 5. The Morgan fingerprint density at radius 2 is 2.27 bits per heavy atom. The van der Waals surface area contributed by atoms with E-state index in [1.54, 1.807) is 6.20 Å². The van der Waals surface area contributed by atoms with Gasteiger partial charge in [-0.25, -0.2) is 13.4 Å². The normalized spacial score (nSPS) is 24.9. The Hall–Kier alpha value is -1.18. The molecule has 2 aliphatic heterocycles. The molecule has 2 aliphatic rings. The lowest BCUT2D eigenvalue weighted by atomic mass is 9.86. The number of nitrogens with zero attached hydrogens (tertiary/aromatic N) is 2. The fraction of sp³-hybridized carbons (Fsp3) is 0.667. The topological polar surface area (TPSA) is 68.7 Å². The van der Waals surface area contributed by atoms with Crippen LogP contribution in [0.15, 0.2) is 24.4 Å². The summed E-state index contributed by atoms with van der Waals surface area (Å²) in [6.07, 6.45) is 3.88. The van der Waals surface area contributed by atoms with Crippen molar-refractivity contribution in [2.45, 2.75) is 37.9 Å². The highest BCUT2D eigenvalue weighted by Crippen LogP contribution is 2.37. The van der Waals surface area contributed by atoms with Gasteiger partial charge in [0.2, 0.25) is 15.9 Å². The summed E-state index contributed by atoms with van der Waals surface area (Å²) in [5.74, 6) is 0.816. The standard InChI is InChI=1S/C15H22N2O4S/c1-2-9-22(18,19)17-11-15(12-17)10-13(6-8-20-15)21-14-5-3-4-7-16-14/h3-5,7,13H,2,6,8-12H2,1H3. The molecule has 0 amide bonds. The first-order chi connectivity index (χ1) is 10.5. The molecule has 6 nitrogen and oxygen atoms in total. The van der Waals surface area contributed by atoms with Crippen molar-refractivity contribution in [1.82, 2.24) is 9.29 Å². The second kappa shape index (κ2) is 6.14. The summed E-state index contributed by atoms with van der Waals surface area (Å²) in [6.45, 7) is 3.36. The predicted molar refractivity (Wildman–Crippen MR) is 82.2 cm³/mol. The van der Waals surface area contributed by atoms with Crippen LogP contribution in [0.2, 0.25) is 0 Å². The summed E-state index contributed by atoms with van der Waals surface area (Å²) < 4.78 is 37.4. The van der Waals surface area contributed by atoms with E-state index in [0.29, 0.717) is 38.4 Å². The molecule has 0 bridgehead atoms. The molecule has 0 N–H and O–H groups in total. The number of aromatic nitrogens is 1. The van der Waals surface area contributed by atoms with Crippen molar-refractivity contribution >= 4 is 10.0 Å². The maximum absolute atomic E-state index is 12.0. The van der Waals surface area contributed by atoms with Crippen LogP contribution in [-0.4, -0.2) is 54.9 Å². The molecule has 0 aromatic carbocycles. The van der Waals surface area contributed by atoms with Gasteiger partial charge in [-0.15, -0.1) is 0 Å². The van der Waals surface area contributed by atoms with Gasteiger partial charge in [-0.05, 0) is 12.5 Å². The summed E-state index contributed by atoms with van der Waals surface area (Å²) in [5, 5.41) is 0. The molecule has 2 fully saturated rings. The molecule has 3 heterocycles. The van der Waals surface area contributed by atoms with E-state index >= 15 is 0 Å². The third-order valence-corrected chi connectivity index (χ3v) is 6.13. The molecule has 0 aliphatic carbocycles. The first-order valence-corrected chi connectivity index (χ1v) is 9.33. The summed E-state index contributed by atoms with van der Waals surface area (Å²) >= 11 is 0. The minimum absolute atomic E-state index is 0.0275. The molecule has 7 heteroatoms. The van der Waals surface area contributed by atoms with E-state index in [-0.39, 0.29) is 17.5 Å². The number of sulfonamides is 1. The zero-order chi connectivity index (χ0) is 15.6. The maximum atomic E-state index is 12.0. The van der Waals surface area contributed by atoms with Crippen LogP contribution < -0.4 is 4.74 Å². The van der Waals surface area contributed by atoms with Gasteiger partial charge in [-0.2, -0.15) is 4.31 Å².